The number of anilines is 1. The van der Waals surface area contributed by atoms with Crippen LogP contribution < -0.4 is 5.32 Å². The Morgan fingerprint density at radius 2 is 1.81 bits per heavy atom. The topological polar surface area (TPSA) is 24.9 Å². The van der Waals surface area contributed by atoms with Crippen molar-refractivity contribution < 1.29 is 22.0 Å². The minimum Gasteiger partial charge on any atom is -0.366 e. The lowest BCUT2D eigenvalue weighted by molar-refractivity contribution is -0.137. The number of aromatic nitrogens is 1. The number of rotatable bonds is 3. The van der Waals surface area contributed by atoms with Crippen LogP contribution in [0, 0.1) is 11.6 Å². The van der Waals surface area contributed by atoms with E-state index >= 15 is 0 Å². The predicted molar refractivity (Wildman–Crippen MR) is 67.9 cm³/mol. The number of hydrogen-bond acceptors (Lipinski definition) is 2. The second-order valence-corrected chi connectivity index (χ2v) is 4.54. The maximum atomic E-state index is 13.4. The highest BCUT2D eigenvalue weighted by molar-refractivity contribution is 6.29. The number of hydrogen-bond donors (Lipinski definition) is 1. The second-order valence-electron chi connectivity index (χ2n) is 4.15. The van der Waals surface area contributed by atoms with Crippen LogP contribution >= 0.6 is 11.6 Å². The predicted octanol–water partition coefficient (Wildman–Crippen LogP) is 4.64. The monoisotopic (exact) mass is 322 g/mol. The van der Waals surface area contributed by atoms with Gasteiger partial charge in [0.2, 0.25) is 0 Å². The zero-order valence-corrected chi connectivity index (χ0v) is 11.1. The van der Waals surface area contributed by atoms with Crippen LogP contribution in [0.4, 0.5) is 27.8 Å². The molecule has 0 aliphatic carbocycles. The third-order valence-corrected chi connectivity index (χ3v) is 2.79. The van der Waals surface area contributed by atoms with Gasteiger partial charge in [-0.15, -0.1) is 0 Å². The molecule has 0 amide bonds. The average molecular weight is 323 g/mol. The molecule has 0 atom stereocenters. The van der Waals surface area contributed by atoms with Gasteiger partial charge in [-0.25, -0.2) is 13.8 Å². The van der Waals surface area contributed by atoms with Gasteiger partial charge in [-0.2, -0.15) is 13.2 Å². The summed E-state index contributed by atoms with van der Waals surface area (Å²) in [5.41, 5.74) is -0.878. The Morgan fingerprint density at radius 1 is 1.10 bits per heavy atom. The number of halogens is 6. The van der Waals surface area contributed by atoms with Crippen molar-refractivity contribution in [1.82, 2.24) is 4.98 Å². The van der Waals surface area contributed by atoms with Gasteiger partial charge < -0.3 is 5.32 Å². The Hall–Kier alpha value is -1.89. The highest BCUT2D eigenvalue weighted by Crippen LogP contribution is 2.32. The number of benzene rings is 1. The van der Waals surface area contributed by atoms with Crippen molar-refractivity contribution in [2.75, 3.05) is 5.32 Å². The molecule has 2 rings (SSSR count). The van der Waals surface area contributed by atoms with Crippen LogP contribution in [-0.2, 0) is 12.7 Å². The van der Waals surface area contributed by atoms with Crippen molar-refractivity contribution in [3.05, 3.63) is 58.2 Å². The molecule has 0 saturated carbocycles. The van der Waals surface area contributed by atoms with Gasteiger partial charge in [0.05, 0.1) is 5.56 Å². The van der Waals surface area contributed by atoms with E-state index in [1.54, 1.807) is 0 Å². The van der Waals surface area contributed by atoms with Crippen molar-refractivity contribution in [3.63, 3.8) is 0 Å². The average Bonchev–Trinajstić information content (AvgIpc) is 2.36. The van der Waals surface area contributed by atoms with Gasteiger partial charge in [-0.3, -0.25) is 0 Å². The minimum atomic E-state index is -4.57. The molecule has 0 radical (unpaired) electrons. The molecule has 1 aromatic carbocycles. The van der Waals surface area contributed by atoms with E-state index in [4.69, 9.17) is 11.6 Å². The van der Waals surface area contributed by atoms with E-state index in [1.807, 2.05) is 0 Å². The standard InChI is InChI=1S/C13H8ClF5N2/c14-11-3-8(13(17,18)19)4-12(21-11)20-6-7-1-2-9(15)5-10(7)16/h1-5H,6H2,(H,20,21). The fraction of sp³-hybridized carbons (Fsp3) is 0.154. The molecule has 0 aliphatic rings. The Balaban J connectivity index is 2.18. The van der Waals surface area contributed by atoms with Crippen LogP contribution in [0.1, 0.15) is 11.1 Å². The molecule has 0 aliphatic heterocycles. The minimum absolute atomic E-state index is 0.0896. The first-order chi connectivity index (χ1) is 9.75. The molecule has 2 nitrogen and oxygen atoms in total. The summed E-state index contributed by atoms with van der Waals surface area (Å²) >= 11 is 5.52. The highest BCUT2D eigenvalue weighted by Gasteiger charge is 2.31. The van der Waals surface area contributed by atoms with E-state index in [0.29, 0.717) is 12.1 Å². The molecule has 8 heteroatoms. The fourth-order valence-electron chi connectivity index (χ4n) is 1.60. The van der Waals surface area contributed by atoms with Gasteiger partial charge in [0.1, 0.15) is 22.6 Å². The Kier molecular flexibility index (Phi) is 4.32. The van der Waals surface area contributed by atoms with E-state index in [9.17, 15) is 22.0 Å². The molecule has 1 N–H and O–H groups in total. The molecule has 112 valence electrons. The molecular weight excluding hydrogens is 315 g/mol. The maximum absolute atomic E-state index is 13.4. The fourth-order valence-corrected chi connectivity index (χ4v) is 1.81. The van der Waals surface area contributed by atoms with Crippen LogP contribution in [0.3, 0.4) is 0 Å². The van der Waals surface area contributed by atoms with E-state index in [2.05, 4.69) is 10.3 Å². The number of nitrogens with one attached hydrogen (secondary N) is 1. The summed E-state index contributed by atoms with van der Waals surface area (Å²) in [5, 5.41) is 2.18. The van der Waals surface area contributed by atoms with Gasteiger partial charge in [-0.1, -0.05) is 17.7 Å². The number of alkyl halides is 3. The summed E-state index contributed by atoms with van der Waals surface area (Å²) in [6.45, 7) is -0.156. The molecule has 0 saturated heterocycles. The number of nitrogens with zero attached hydrogens (tertiary/aromatic N) is 1. The molecule has 1 heterocycles. The van der Waals surface area contributed by atoms with Crippen LogP contribution in [0.25, 0.3) is 0 Å². The van der Waals surface area contributed by atoms with Crippen molar-refractivity contribution in [3.8, 4) is 0 Å². The quantitative estimate of drug-likeness (QED) is 0.657. The lowest BCUT2D eigenvalue weighted by Crippen LogP contribution is -2.09. The smallest absolute Gasteiger partial charge is 0.366 e. The zero-order chi connectivity index (χ0) is 15.6. The lowest BCUT2D eigenvalue weighted by Gasteiger charge is -2.11. The van der Waals surface area contributed by atoms with Crippen molar-refractivity contribution in [2.45, 2.75) is 12.7 Å². The van der Waals surface area contributed by atoms with Crippen molar-refractivity contribution in [1.29, 1.82) is 0 Å². The van der Waals surface area contributed by atoms with Crippen molar-refractivity contribution in [2.24, 2.45) is 0 Å². The van der Waals surface area contributed by atoms with Gasteiger partial charge in [-0.05, 0) is 18.2 Å². The molecule has 0 unspecified atom stereocenters. The zero-order valence-electron chi connectivity index (χ0n) is 10.3. The number of pyridine rings is 1. The summed E-state index contributed by atoms with van der Waals surface area (Å²) < 4.78 is 63.9. The first kappa shape index (κ1) is 15.5. The Morgan fingerprint density at radius 3 is 2.43 bits per heavy atom. The van der Waals surface area contributed by atoms with E-state index in [-0.39, 0.29) is 23.1 Å². The lowest BCUT2D eigenvalue weighted by atomic mass is 10.2. The first-order valence-electron chi connectivity index (χ1n) is 5.68. The molecule has 0 bridgehead atoms. The van der Waals surface area contributed by atoms with Gasteiger partial charge in [0.25, 0.3) is 0 Å². The second kappa shape index (κ2) is 5.85. The van der Waals surface area contributed by atoms with Gasteiger partial charge in [0, 0.05) is 18.2 Å². The normalized spacial score (nSPS) is 11.5. The van der Waals surface area contributed by atoms with Gasteiger partial charge in [0.15, 0.2) is 0 Å². The third-order valence-electron chi connectivity index (χ3n) is 2.60. The SMILES string of the molecule is Fc1ccc(CNc2cc(C(F)(F)F)cc(Cl)n2)c(F)c1. The molecule has 0 spiro atoms. The van der Waals surface area contributed by atoms with E-state index in [0.717, 1.165) is 12.1 Å². The van der Waals surface area contributed by atoms with Crippen LogP contribution in [0.5, 0.6) is 0 Å². The third kappa shape index (κ3) is 4.04. The molecule has 0 fully saturated rings. The van der Waals surface area contributed by atoms with Crippen LogP contribution in [-0.4, -0.2) is 4.98 Å². The molecule has 2 aromatic rings. The highest BCUT2D eigenvalue weighted by atomic mass is 35.5. The van der Waals surface area contributed by atoms with E-state index < -0.39 is 23.4 Å². The largest absolute Gasteiger partial charge is 0.416 e. The summed E-state index contributed by atoms with van der Waals surface area (Å²) in [7, 11) is 0. The Bertz CT molecular complexity index is 657. The van der Waals surface area contributed by atoms with Crippen molar-refractivity contribution >= 4 is 17.4 Å². The summed E-state index contributed by atoms with van der Waals surface area (Å²) in [6.07, 6.45) is -4.57. The summed E-state index contributed by atoms with van der Waals surface area (Å²) in [4.78, 5) is 3.67. The first-order valence-corrected chi connectivity index (χ1v) is 6.06. The van der Waals surface area contributed by atoms with Crippen LogP contribution in [0.15, 0.2) is 30.3 Å². The summed E-state index contributed by atoms with van der Waals surface area (Å²) in [5.74, 6) is -1.70. The summed E-state index contributed by atoms with van der Waals surface area (Å²) in [6, 6.07) is 4.36. The molecule has 1 aromatic heterocycles. The van der Waals surface area contributed by atoms with E-state index in [1.165, 1.54) is 6.07 Å². The van der Waals surface area contributed by atoms with Gasteiger partial charge >= 0.3 is 6.18 Å². The molecular formula is C13H8ClF5N2. The van der Waals surface area contributed by atoms with Crippen LogP contribution in [0.2, 0.25) is 5.15 Å². The molecule has 21 heavy (non-hydrogen) atoms. The maximum Gasteiger partial charge on any atom is 0.416 e. The Labute approximate surface area is 121 Å².